The molecule has 74 heavy (non-hydrogen) atoms. The van der Waals surface area contributed by atoms with Crippen LogP contribution in [0, 0.1) is 27.7 Å². The lowest BCUT2D eigenvalue weighted by atomic mass is 10.0. The van der Waals surface area contributed by atoms with Crippen LogP contribution in [-0.2, 0) is 25.7 Å². The van der Waals surface area contributed by atoms with Crippen molar-refractivity contribution in [1.29, 1.82) is 0 Å². The monoisotopic (exact) mass is 995 g/mol. The van der Waals surface area contributed by atoms with E-state index in [4.69, 9.17) is 38.9 Å². The van der Waals surface area contributed by atoms with E-state index in [0.717, 1.165) is 149 Å². The highest BCUT2D eigenvalue weighted by atomic mass is 16.5. The maximum absolute atomic E-state index is 5.81. The van der Waals surface area contributed by atoms with Crippen molar-refractivity contribution in [2.24, 2.45) is 20.0 Å². The molecule has 0 spiro atoms. The van der Waals surface area contributed by atoms with Gasteiger partial charge in [0.2, 0.25) is 0 Å². The summed E-state index contributed by atoms with van der Waals surface area (Å²) in [5, 5.41) is 11.1. The van der Waals surface area contributed by atoms with Gasteiger partial charge in [-0.3, -0.25) is 9.98 Å². The SMILES string of the molecule is CCc1c2[nH]c(c1C)C1=NC(=c3[nH]c(c(CC)c3C)=CNc3cc(OC)c(OC)cc3N=Cc3[nH]c(c(C)c3CC)C3=NC(=c4[nH]c(c(CC)c4C)=CNc4cc(OC)c(OC)cc4N=C2)C(C)=C3C)C(C)=C1C. The van der Waals surface area contributed by atoms with Crippen LogP contribution in [0.15, 0.2) is 66.5 Å². The Balaban J connectivity index is 1.30. The predicted octanol–water partition coefficient (Wildman–Crippen LogP) is 9.93. The minimum Gasteiger partial charge on any atom is -0.493 e. The number of rotatable bonds is 8. The van der Waals surface area contributed by atoms with Gasteiger partial charge >= 0.3 is 0 Å². The first-order chi connectivity index (χ1) is 35.6. The van der Waals surface area contributed by atoms with Gasteiger partial charge in [0.25, 0.3) is 0 Å². The molecule has 0 atom stereocenters. The molecule has 14 nitrogen and oxygen atoms in total. The van der Waals surface area contributed by atoms with Gasteiger partial charge in [0, 0.05) is 36.7 Å². The molecule has 14 heteroatoms. The van der Waals surface area contributed by atoms with E-state index in [0.29, 0.717) is 34.4 Å². The van der Waals surface area contributed by atoms with Crippen molar-refractivity contribution in [3.63, 3.8) is 0 Å². The average Bonchev–Trinajstić information content (AvgIpc) is 4.22. The third-order valence-corrected chi connectivity index (χ3v) is 15.4. The molecular formula is C60H70N10O4. The number of anilines is 2. The van der Waals surface area contributed by atoms with E-state index < -0.39 is 0 Å². The summed E-state index contributed by atoms with van der Waals surface area (Å²) < 4.78 is 23.2. The fourth-order valence-electron chi connectivity index (χ4n) is 10.9. The first kappa shape index (κ1) is 50.9. The lowest BCUT2D eigenvalue weighted by Gasteiger charge is -2.12. The van der Waals surface area contributed by atoms with Crippen molar-refractivity contribution in [2.75, 3.05) is 39.1 Å². The van der Waals surface area contributed by atoms with E-state index >= 15 is 0 Å². The van der Waals surface area contributed by atoms with Gasteiger partial charge in [0.15, 0.2) is 23.0 Å². The van der Waals surface area contributed by atoms with Gasteiger partial charge in [-0.25, -0.2) is 9.98 Å². The van der Waals surface area contributed by atoms with Crippen molar-refractivity contribution in [2.45, 2.75) is 109 Å². The summed E-state index contributed by atoms with van der Waals surface area (Å²) in [7, 11) is 6.57. The first-order valence-corrected chi connectivity index (χ1v) is 25.6. The molecule has 6 N–H and O–H groups in total. The highest BCUT2D eigenvalue weighted by molar-refractivity contribution is 6.20. The van der Waals surface area contributed by atoms with Crippen LogP contribution in [0.2, 0.25) is 0 Å². The van der Waals surface area contributed by atoms with Crippen molar-refractivity contribution in [3.8, 4) is 23.0 Å². The largest absolute Gasteiger partial charge is 0.493 e. The van der Waals surface area contributed by atoms with Gasteiger partial charge in [0.1, 0.15) is 0 Å². The number of methoxy groups -OCH3 is 4. The third-order valence-electron chi connectivity index (χ3n) is 15.4. The molecule has 0 unspecified atom stereocenters. The molecule has 0 radical (unpaired) electrons. The Bertz CT molecular complexity index is 3500. The number of hydrogen-bond donors (Lipinski definition) is 6. The Kier molecular flexibility index (Phi) is 14.1. The molecule has 2 aromatic carbocycles. The Labute approximate surface area is 433 Å². The Morgan fingerprint density at radius 3 is 1.11 bits per heavy atom. The number of hydrogen-bond acceptors (Lipinski definition) is 10. The molecule has 4 aromatic heterocycles. The summed E-state index contributed by atoms with van der Waals surface area (Å²) >= 11 is 0. The summed E-state index contributed by atoms with van der Waals surface area (Å²) in [5.74, 6) is 2.33. The molecule has 0 fully saturated rings. The third kappa shape index (κ3) is 8.59. The predicted molar refractivity (Wildman–Crippen MR) is 305 cm³/mol. The second-order valence-corrected chi connectivity index (χ2v) is 19.1. The Morgan fingerprint density at radius 2 is 0.770 bits per heavy atom. The van der Waals surface area contributed by atoms with Crippen LogP contribution in [-0.4, -0.2) is 72.2 Å². The fraction of sp³-hybridized carbons (Fsp3) is 0.333. The van der Waals surface area contributed by atoms with Crippen molar-refractivity contribution >= 4 is 70.4 Å². The molecule has 3 aliphatic rings. The highest BCUT2D eigenvalue weighted by Crippen LogP contribution is 2.40. The number of ether oxygens (including phenoxy) is 4. The van der Waals surface area contributed by atoms with Crippen LogP contribution < -0.4 is 51.0 Å². The minimum atomic E-state index is 0.577. The van der Waals surface area contributed by atoms with Gasteiger partial charge in [-0.1, -0.05) is 27.7 Å². The topological polar surface area (TPSA) is 174 Å². The quantitative estimate of drug-likeness (QED) is 0.0886. The number of benzene rings is 2. The Hall–Kier alpha value is -8.00. The van der Waals surface area contributed by atoms with Crippen LogP contribution in [0.3, 0.4) is 0 Å². The maximum atomic E-state index is 5.81. The van der Waals surface area contributed by atoms with Gasteiger partial charge in [-0.15, -0.1) is 0 Å². The van der Waals surface area contributed by atoms with E-state index in [2.05, 4.69) is 114 Å². The molecule has 0 amide bonds. The number of H-pyrrole nitrogens is 4. The second-order valence-electron chi connectivity index (χ2n) is 19.1. The van der Waals surface area contributed by atoms with Crippen molar-refractivity contribution in [3.05, 3.63) is 135 Å². The maximum Gasteiger partial charge on any atom is 0.163 e. The van der Waals surface area contributed by atoms with Gasteiger partial charge in [-0.05, 0) is 148 Å². The Morgan fingerprint density at radius 1 is 0.419 bits per heavy atom. The number of allylic oxidation sites excluding steroid dienone is 2. The van der Waals surface area contributed by atoms with Crippen LogP contribution in [0.25, 0.3) is 23.8 Å². The average molecular weight is 995 g/mol. The number of aromatic nitrogens is 4. The summed E-state index contributed by atoms with van der Waals surface area (Å²) in [5.41, 5.74) is 24.0. The highest BCUT2D eigenvalue weighted by Gasteiger charge is 2.28. The van der Waals surface area contributed by atoms with Crippen molar-refractivity contribution < 1.29 is 18.9 Å². The van der Waals surface area contributed by atoms with Crippen LogP contribution in [0.1, 0.15) is 123 Å². The number of aliphatic imine (C=N–C) groups is 4. The number of nitrogens with one attached hydrogen (secondary N) is 6. The van der Waals surface area contributed by atoms with Gasteiger partial charge in [0.05, 0.1) is 131 Å². The summed E-state index contributed by atoms with van der Waals surface area (Å²) in [4.78, 5) is 36.3. The number of fused-ring (bicyclic) bond motifs is 14. The smallest absolute Gasteiger partial charge is 0.163 e. The number of nitrogens with zero attached hydrogens (tertiary/aromatic N) is 4. The molecule has 0 saturated carbocycles. The van der Waals surface area contributed by atoms with Crippen molar-refractivity contribution in [1.82, 2.24) is 19.9 Å². The number of aromatic amines is 4. The lowest BCUT2D eigenvalue weighted by Crippen LogP contribution is -2.15. The molecule has 384 valence electrons. The minimum absolute atomic E-state index is 0.577. The summed E-state index contributed by atoms with van der Waals surface area (Å²) in [6.45, 7) is 26.0. The van der Waals surface area contributed by atoms with Crippen LogP contribution in [0.4, 0.5) is 22.7 Å². The van der Waals surface area contributed by atoms with E-state index in [-0.39, 0.29) is 0 Å². The fourth-order valence-corrected chi connectivity index (χ4v) is 10.9. The summed E-state index contributed by atoms with van der Waals surface area (Å²) in [6, 6.07) is 7.67. The zero-order valence-electron chi connectivity index (χ0n) is 45.9. The van der Waals surface area contributed by atoms with Gasteiger partial charge in [-0.2, -0.15) is 0 Å². The molecule has 0 aliphatic carbocycles. The van der Waals surface area contributed by atoms with E-state index in [1.165, 1.54) is 22.3 Å². The van der Waals surface area contributed by atoms with Crippen LogP contribution >= 0.6 is 0 Å². The normalized spacial score (nSPS) is 14.5. The summed E-state index contributed by atoms with van der Waals surface area (Å²) in [6.07, 6.45) is 11.1. The molecule has 12 bridgehead atoms. The van der Waals surface area contributed by atoms with Gasteiger partial charge < -0.3 is 49.5 Å². The van der Waals surface area contributed by atoms with E-state index in [9.17, 15) is 0 Å². The molecular weight excluding hydrogens is 925 g/mol. The van der Waals surface area contributed by atoms with Crippen LogP contribution in [0.5, 0.6) is 23.0 Å². The second kappa shape index (κ2) is 20.5. The molecule has 3 aliphatic heterocycles. The molecule has 0 saturated heterocycles. The lowest BCUT2D eigenvalue weighted by molar-refractivity contribution is 0.355. The zero-order chi connectivity index (χ0) is 52.9. The molecule has 9 rings (SSSR count). The first-order valence-electron chi connectivity index (χ1n) is 25.6. The van der Waals surface area contributed by atoms with E-state index in [1.54, 1.807) is 28.4 Å². The molecule has 6 aromatic rings. The standard InChI is InChI=1S/C60H70N10O4/c1-17-37-33(9)57-53-29(5)30(6)54(69-53)58-34(10)38(18-2)47(66-58)27-63-43-23-51(73-15)52(74-16)24-44(43)64-28-48-40(20-4)36(12)60(68-48)56-32(8)31(7)55(70-56)59-35(11)39(19-3)46(67-59)26-62-42-22-50(72-14)49(71-13)21-41(42)61-25-45(37)65-57/h21-28,61,64-68H,17-20H2,1-16H3. The molecule has 7 heterocycles. The zero-order valence-corrected chi connectivity index (χ0v) is 45.9. The van der Waals surface area contributed by atoms with E-state index in [1.807, 2.05) is 49.1 Å².